The molecular formula is C13H11ClN4O. The lowest BCUT2D eigenvalue weighted by Gasteiger charge is -2.09. The second-order valence-corrected chi connectivity index (χ2v) is 4.19. The van der Waals surface area contributed by atoms with E-state index in [2.05, 4.69) is 15.6 Å². The van der Waals surface area contributed by atoms with Crippen LogP contribution in [0.3, 0.4) is 0 Å². The van der Waals surface area contributed by atoms with E-state index in [1.54, 1.807) is 24.4 Å². The zero-order valence-corrected chi connectivity index (χ0v) is 10.7. The van der Waals surface area contributed by atoms with E-state index in [1.165, 1.54) is 0 Å². The quantitative estimate of drug-likeness (QED) is 0.835. The molecule has 0 spiro atoms. The molecule has 0 fully saturated rings. The Morgan fingerprint density at radius 3 is 3.05 bits per heavy atom. The maximum atomic E-state index is 11.4. The summed E-state index contributed by atoms with van der Waals surface area (Å²) >= 11 is 6.08. The Labute approximate surface area is 115 Å². The van der Waals surface area contributed by atoms with Crippen molar-refractivity contribution in [1.29, 1.82) is 5.26 Å². The van der Waals surface area contributed by atoms with Gasteiger partial charge in [0.05, 0.1) is 28.8 Å². The number of amides is 1. The third-order valence-electron chi connectivity index (χ3n) is 2.52. The molecule has 0 atom stereocenters. The Morgan fingerprint density at radius 1 is 1.42 bits per heavy atom. The van der Waals surface area contributed by atoms with E-state index in [9.17, 15) is 4.79 Å². The van der Waals surface area contributed by atoms with Crippen molar-refractivity contribution >= 4 is 34.1 Å². The normalized spacial score (nSPS) is 9.89. The van der Waals surface area contributed by atoms with Crippen LogP contribution in [0.1, 0.15) is 0 Å². The number of anilines is 1. The molecule has 0 radical (unpaired) electrons. The monoisotopic (exact) mass is 274 g/mol. The third kappa shape index (κ3) is 3.12. The van der Waals surface area contributed by atoms with E-state index in [0.29, 0.717) is 10.5 Å². The largest absolute Gasteiger partial charge is 0.374 e. The third-order valence-corrected chi connectivity index (χ3v) is 2.85. The Morgan fingerprint density at radius 2 is 2.26 bits per heavy atom. The van der Waals surface area contributed by atoms with Crippen molar-refractivity contribution in [1.82, 2.24) is 10.3 Å². The molecular weight excluding hydrogens is 264 g/mol. The minimum absolute atomic E-state index is 0.000128. The predicted octanol–water partition coefficient (Wildman–Crippen LogP) is 1.94. The van der Waals surface area contributed by atoms with Gasteiger partial charge in [-0.1, -0.05) is 11.6 Å². The summed E-state index contributed by atoms with van der Waals surface area (Å²) in [6, 6.07) is 9.04. The molecule has 0 aliphatic rings. The average molecular weight is 275 g/mol. The number of rotatable bonds is 4. The number of aromatic nitrogens is 1. The Balaban J connectivity index is 2.16. The van der Waals surface area contributed by atoms with Crippen molar-refractivity contribution in [2.45, 2.75) is 0 Å². The smallest absolute Gasteiger partial charge is 0.240 e. The number of hydrogen-bond acceptors (Lipinski definition) is 4. The number of carbonyl (C=O) groups is 1. The maximum absolute atomic E-state index is 11.4. The van der Waals surface area contributed by atoms with Crippen LogP contribution in [0.5, 0.6) is 0 Å². The number of hydrogen-bond donors (Lipinski definition) is 2. The molecule has 2 N–H and O–H groups in total. The first-order valence-corrected chi connectivity index (χ1v) is 6.01. The Kier molecular flexibility index (Phi) is 4.16. The van der Waals surface area contributed by atoms with E-state index in [1.807, 2.05) is 12.1 Å². The summed E-state index contributed by atoms with van der Waals surface area (Å²) in [5.74, 6) is -0.249. The molecule has 1 amide bonds. The van der Waals surface area contributed by atoms with Gasteiger partial charge in [-0.15, -0.1) is 0 Å². The number of nitrogens with one attached hydrogen (secondary N) is 2. The first kappa shape index (κ1) is 13.1. The van der Waals surface area contributed by atoms with Gasteiger partial charge >= 0.3 is 0 Å². The highest BCUT2D eigenvalue weighted by atomic mass is 35.5. The lowest BCUT2D eigenvalue weighted by atomic mass is 10.2. The SMILES string of the molecule is N#CCNC(=O)CNc1ccc(Cl)c2cccnc12. The topological polar surface area (TPSA) is 77.8 Å². The minimum Gasteiger partial charge on any atom is -0.374 e. The van der Waals surface area contributed by atoms with Crippen molar-refractivity contribution in [3.05, 3.63) is 35.5 Å². The van der Waals surface area contributed by atoms with E-state index in [0.717, 1.165) is 11.1 Å². The fraction of sp³-hybridized carbons (Fsp3) is 0.154. The standard InChI is InChI=1S/C13H11ClN4O/c14-10-3-4-11(13-9(10)2-1-6-17-13)18-8-12(19)16-7-5-15/h1-4,6,18H,7-8H2,(H,16,19). The molecule has 96 valence electrons. The second kappa shape index (κ2) is 6.03. The van der Waals surface area contributed by atoms with E-state index < -0.39 is 0 Å². The molecule has 1 aromatic heterocycles. The summed E-state index contributed by atoms with van der Waals surface area (Å²) in [6.07, 6.45) is 1.67. The molecule has 0 aliphatic heterocycles. The van der Waals surface area contributed by atoms with Gasteiger partial charge in [-0.05, 0) is 24.3 Å². The van der Waals surface area contributed by atoms with E-state index >= 15 is 0 Å². The lowest BCUT2D eigenvalue weighted by Crippen LogP contribution is -2.30. The zero-order chi connectivity index (χ0) is 13.7. The molecule has 0 saturated carbocycles. The van der Waals surface area contributed by atoms with Gasteiger partial charge in [0.2, 0.25) is 5.91 Å². The number of nitriles is 1. The molecule has 0 saturated heterocycles. The summed E-state index contributed by atoms with van der Waals surface area (Å²) in [7, 11) is 0. The summed E-state index contributed by atoms with van der Waals surface area (Å²) < 4.78 is 0. The van der Waals surface area contributed by atoms with Crippen LogP contribution in [0.4, 0.5) is 5.69 Å². The number of carbonyl (C=O) groups excluding carboxylic acids is 1. The molecule has 0 aliphatic carbocycles. The second-order valence-electron chi connectivity index (χ2n) is 3.78. The molecule has 19 heavy (non-hydrogen) atoms. The molecule has 2 aromatic rings. The van der Waals surface area contributed by atoms with Gasteiger partial charge in [0.1, 0.15) is 6.54 Å². The summed E-state index contributed by atoms with van der Waals surface area (Å²) in [5, 5.41) is 15.2. The first-order chi connectivity index (χ1) is 9.22. The van der Waals surface area contributed by atoms with Crippen LogP contribution in [0, 0.1) is 11.3 Å². The number of pyridine rings is 1. The Hall–Kier alpha value is -2.32. The number of nitrogens with zero attached hydrogens (tertiary/aromatic N) is 2. The first-order valence-electron chi connectivity index (χ1n) is 5.63. The molecule has 1 heterocycles. The summed E-state index contributed by atoms with van der Waals surface area (Å²) in [6.45, 7) is 0.0785. The van der Waals surface area contributed by atoms with Crippen LogP contribution in [0.25, 0.3) is 10.9 Å². The van der Waals surface area contributed by atoms with Crippen molar-refractivity contribution in [3.8, 4) is 6.07 Å². The van der Waals surface area contributed by atoms with Gasteiger partial charge in [-0.25, -0.2) is 0 Å². The van der Waals surface area contributed by atoms with Crippen molar-refractivity contribution in [2.75, 3.05) is 18.4 Å². The van der Waals surface area contributed by atoms with Crippen LogP contribution in [-0.4, -0.2) is 24.0 Å². The minimum atomic E-state index is -0.249. The van der Waals surface area contributed by atoms with E-state index in [4.69, 9.17) is 16.9 Å². The fourth-order valence-corrected chi connectivity index (χ4v) is 1.87. The van der Waals surface area contributed by atoms with Gasteiger partial charge in [-0.3, -0.25) is 9.78 Å². The van der Waals surface area contributed by atoms with Gasteiger partial charge in [-0.2, -0.15) is 5.26 Å². The highest BCUT2D eigenvalue weighted by Crippen LogP contribution is 2.27. The average Bonchev–Trinajstić information content (AvgIpc) is 2.45. The molecule has 6 heteroatoms. The van der Waals surface area contributed by atoms with Gasteiger partial charge in [0.25, 0.3) is 0 Å². The van der Waals surface area contributed by atoms with Crippen molar-refractivity contribution in [3.63, 3.8) is 0 Å². The molecule has 0 unspecified atom stereocenters. The zero-order valence-electron chi connectivity index (χ0n) is 9.98. The van der Waals surface area contributed by atoms with Crippen LogP contribution >= 0.6 is 11.6 Å². The predicted molar refractivity (Wildman–Crippen MR) is 73.9 cm³/mol. The highest BCUT2D eigenvalue weighted by molar-refractivity contribution is 6.35. The fourth-order valence-electron chi connectivity index (χ4n) is 1.66. The molecule has 5 nitrogen and oxygen atoms in total. The maximum Gasteiger partial charge on any atom is 0.240 e. The summed E-state index contributed by atoms with van der Waals surface area (Å²) in [4.78, 5) is 15.7. The van der Waals surface area contributed by atoms with Crippen molar-refractivity contribution in [2.24, 2.45) is 0 Å². The Bertz CT molecular complexity index is 651. The molecule has 1 aromatic carbocycles. The van der Waals surface area contributed by atoms with E-state index in [-0.39, 0.29) is 19.0 Å². The number of halogens is 1. The van der Waals surface area contributed by atoms with Crippen LogP contribution in [0.15, 0.2) is 30.5 Å². The highest BCUT2D eigenvalue weighted by Gasteiger charge is 2.06. The number of fused-ring (bicyclic) bond motifs is 1. The van der Waals surface area contributed by atoms with Crippen LogP contribution in [-0.2, 0) is 4.79 Å². The summed E-state index contributed by atoms with van der Waals surface area (Å²) in [5.41, 5.74) is 1.44. The van der Waals surface area contributed by atoms with Gasteiger partial charge in [0.15, 0.2) is 0 Å². The molecule has 2 rings (SSSR count). The van der Waals surface area contributed by atoms with Crippen LogP contribution < -0.4 is 10.6 Å². The van der Waals surface area contributed by atoms with Crippen LogP contribution in [0.2, 0.25) is 5.02 Å². The molecule has 0 bridgehead atoms. The van der Waals surface area contributed by atoms with Crippen molar-refractivity contribution < 1.29 is 4.79 Å². The van der Waals surface area contributed by atoms with Gasteiger partial charge < -0.3 is 10.6 Å². The lowest BCUT2D eigenvalue weighted by molar-refractivity contribution is -0.119. The number of benzene rings is 1. The van der Waals surface area contributed by atoms with Gasteiger partial charge in [0, 0.05) is 11.6 Å².